The van der Waals surface area contributed by atoms with Gasteiger partial charge in [0.2, 0.25) is 0 Å². The van der Waals surface area contributed by atoms with Gasteiger partial charge in [0.15, 0.2) is 0 Å². The molecule has 7 amide bonds. The van der Waals surface area contributed by atoms with E-state index in [1.54, 1.807) is 59.5 Å². The van der Waals surface area contributed by atoms with E-state index in [4.69, 9.17) is 43.1 Å². The van der Waals surface area contributed by atoms with E-state index in [9.17, 15) is 28.8 Å². The molecule has 16 heterocycles. The van der Waals surface area contributed by atoms with Gasteiger partial charge in [-0.3, -0.25) is 34.2 Å². The molecule has 7 spiro atoms. The maximum Gasteiger partial charge on any atom is 0.420 e. The number of hydrogen-bond donors (Lipinski definition) is 3. The van der Waals surface area contributed by atoms with Gasteiger partial charge in [0.25, 0.3) is 12.2 Å². The van der Waals surface area contributed by atoms with Gasteiger partial charge in [-0.25, -0.2) is 39.0 Å². The van der Waals surface area contributed by atoms with Gasteiger partial charge in [-0.1, -0.05) is 91.0 Å². The van der Waals surface area contributed by atoms with Crippen LogP contribution in [0.15, 0.2) is 195 Å². The number of rotatable bonds is 2. The van der Waals surface area contributed by atoms with E-state index in [1.165, 1.54) is 45.2 Å². The summed E-state index contributed by atoms with van der Waals surface area (Å²) in [4.78, 5) is 92.4. The first kappa shape index (κ1) is 87.9. The number of para-hydroxylation sites is 5. The van der Waals surface area contributed by atoms with Crippen molar-refractivity contribution in [1.82, 2.24) is 29.4 Å². The number of hydrogen-bond acceptors (Lipinski definition) is 17. The second kappa shape index (κ2) is 37.0. The Bertz CT molecular complexity index is 5350. The van der Waals surface area contributed by atoms with Gasteiger partial charge in [-0.15, -0.1) is 0 Å². The Hall–Kier alpha value is -10.7. The zero-order chi connectivity index (χ0) is 87.0. The summed E-state index contributed by atoms with van der Waals surface area (Å²) in [5.74, 6) is 0.788. The number of amides is 7. The van der Waals surface area contributed by atoms with Crippen LogP contribution < -0.4 is 68.4 Å². The van der Waals surface area contributed by atoms with Crippen LogP contribution in [0, 0.1) is 0 Å². The van der Waals surface area contributed by atoms with Crippen LogP contribution >= 0.6 is 0 Å². The van der Waals surface area contributed by atoms with Gasteiger partial charge in [0.1, 0.15) is 41.4 Å². The molecule has 7 aromatic carbocycles. The summed E-state index contributed by atoms with van der Waals surface area (Å²) >= 11 is 0. The number of nitrogens with one attached hydrogen (secondary N) is 2. The Morgan fingerprint density at radius 3 is 1.18 bits per heavy atom. The van der Waals surface area contributed by atoms with Gasteiger partial charge in [-0.05, 0) is 196 Å². The normalized spacial score (nSPS) is 21.1. The summed E-state index contributed by atoms with van der Waals surface area (Å²) in [7, 11) is 3.31. The van der Waals surface area contributed by atoms with E-state index in [2.05, 4.69) is 101 Å². The number of nitrogens with zero attached hydrogens (tertiary/aromatic N) is 10. The molecule has 0 bridgehead atoms. The molecule has 7 saturated heterocycles. The fraction of sp³-hybridized carbons (Fsp3) is 0.460. The fourth-order valence-corrected chi connectivity index (χ4v) is 22.6. The molecule has 28 heteroatoms. The molecule has 0 aliphatic carbocycles. The predicted molar refractivity (Wildman–Crippen MR) is 477 cm³/mol. The molecule has 2 aromatic heterocycles. The molecule has 14 aliphatic heterocycles. The number of likely N-dealkylation sites (tertiary alicyclic amines) is 2. The largest absolute Gasteiger partial charge is 1.00 e. The van der Waals surface area contributed by atoms with E-state index in [1.807, 2.05) is 95.7 Å². The number of fused-ring (bicyclic) bond motifs is 12. The zero-order valence-corrected chi connectivity index (χ0v) is 75.3. The maximum absolute atomic E-state index is 13.7. The van der Waals surface area contributed by atoms with Gasteiger partial charge in [0, 0.05) is 218 Å². The number of imidazole rings is 2. The number of anilines is 5. The minimum absolute atomic E-state index is 0. The Morgan fingerprint density at radius 1 is 0.430 bits per heavy atom. The van der Waals surface area contributed by atoms with Gasteiger partial charge >= 0.3 is 30.1 Å². The van der Waals surface area contributed by atoms with Gasteiger partial charge in [-0.2, -0.15) is 4.57 Å². The van der Waals surface area contributed by atoms with E-state index < -0.39 is 5.91 Å². The van der Waals surface area contributed by atoms with Crippen LogP contribution in [0.2, 0.25) is 0 Å². The van der Waals surface area contributed by atoms with Crippen LogP contribution in [0.3, 0.4) is 0 Å². The lowest BCUT2D eigenvalue weighted by Crippen LogP contribution is -3.00. The smallest absolute Gasteiger partial charge is 0.420 e. The van der Waals surface area contributed by atoms with Crippen molar-refractivity contribution in [2.45, 2.75) is 154 Å². The van der Waals surface area contributed by atoms with Crippen molar-refractivity contribution < 1.29 is 100 Å². The van der Waals surface area contributed by atoms with Crippen LogP contribution in [-0.2, 0) is 75.4 Å². The molecule has 3 N–H and O–H groups in total. The molecular formula is C100H115IN12O15. The number of hydroxylamine groups is 1. The first-order valence-electron chi connectivity index (χ1n) is 45.5. The molecule has 7 fully saturated rings. The van der Waals surface area contributed by atoms with Gasteiger partial charge < -0.3 is 77.0 Å². The van der Waals surface area contributed by atoms with E-state index in [0.29, 0.717) is 42.7 Å². The first-order valence-corrected chi connectivity index (χ1v) is 45.5. The molecule has 9 aromatic rings. The molecule has 0 radical (unpaired) electrons. The number of aromatic nitrogens is 4. The lowest BCUT2D eigenvalue weighted by molar-refractivity contribution is -0.670. The highest BCUT2D eigenvalue weighted by Gasteiger charge is 2.53. The second-order valence-electron chi connectivity index (χ2n) is 37.0. The molecule has 0 atom stereocenters. The first-order chi connectivity index (χ1) is 62.0. The zero-order valence-electron chi connectivity index (χ0n) is 73.2. The number of piperidine rings is 2. The minimum Gasteiger partial charge on any atom is -1.00 e. The number of esters is 1. The van der Waals surface area contributed by atoms with Crippen molar-refractivity contribution in [2.24, 2.45) is 7.05 Å². The third-order valence-corrected chi connectivity index (χ3v) is 30.1. The van der Waals surface area contributed by atoms with Gasteiger partial charge in [0.05, 0.1) is 25.4 Å². The monoisotopic (exact) mass is 1850 g/mol. The van der Waals surface area contributed by atoms with E-state index in [-0.39, 0.29) is 86.9 Å². The van der Waals surface area contributed by atoms with Crippen molar-refractivity contribution in [2.75, 3.05) is 157 Å². The molecule has 672 valence electrons. The number of benzene rings is 7. The SMILES string of the molecule is COC(=O)c1ccc2c(c1)CCC1(CCN(C(=O)N3CC4(CCOCC4)c4ccccc43)CC1)O2.C[n+]1ccn(C(=O)N2CC3(CCOCC3)c3ccccc32)c1.O=C(N1CC2(CCOCC2)c2ccccc21)n1ccnc1.O=C(NO)c1ccc2c(c1)CCC1(CCN(C(=O)N3CC4(CCOCC4)c4ccccc43)CC1)O2.[I-].c1ccc2c(c1)NCC21CCOCC1. The lowest BCUT2D eigenvalue weighted by atomic mass is 9.76. The fourth-order valence-electron chi connectivity index (χ4n) is 22.6. The van der Waals surface area contributed by atoms with Crippen molar-refractivity contribution >= 4 is 64.4 Å². The van der Waals surface area contributed by atoms with Crippen molar-refractivity contribution in [3.63, 3.8) is 0 Å². The predicted octanol–water partition coefficient (Wildman–Crippen LogP) is 11.4. The number of carbonyl (C=O) groups excluding carboxylic acids is 6. The standard InChI is InChI=1S/C28H32N2O5.C27H31N3O5.C17H20N3O2.C16H17N3O2.C12H15NO.HI/c1-33-25(31)21-6-7-24-20(18-21)8-9-28(35-24)10-14-29(15-11-28)26(32)30-19-27(12-16-34-17-13-27)22-4-2-3-5-23(22)30;31-24(28-33)20-5-6-23-19(17-20)7-8-27(35-23)9-13-29(14-10-27)25(32)30-18-26(11-15-34-16-12-26)21-3-1-2-4-22(21)30;1-18-8-9-19(13-18)16(21)20-12-17(6-10-22-11-7-17)14-4-2-3-5-15(14)20;20-15(18-8-7-17-12-18)19-11-16(5-9-21-10-6-16)13-3-1-2-4-14(13)19;1-2-4-11-10(3-1)12(9-13-11)5-7-14-8-6-12;/h2-7,18H,8-17,19H2,1H3;1-6,17,33H,7-16,18H2,(H,28,31);2-5,8-9,13H,6-7,10-12H2,1H3;1-4,7-8,12H,5-6,9-11H2;1-4,13H,5-9H2;1H/q;;+1;;;/p-1. The Morgan fingerprint density at radius 2 is 0.797 bits per heavy atom. The molecule has 27 nitrogen and oxygen atoms in total. The molecular weight excluding hydrogens is 1740 g/mol. The average molecular weight is 1850 g/mol. The molecule has 23 rings (SSSR count). The lowest BCUT2D eigenvalue weighted by Gasteiger charge is -2.45. The Balaban J connectivity index is 0.000000111. The molecule has 128 heavy (non-hydrogen) atoms. The third-order valence-electron chi connectivity index (χ3n) is 30.1. The number of aryl methyl sites for hydroxylation is 3. The number of halogens is 1. The maximum atomic E-state index is 13.7. The minimum atomic E-state index is -0.522. The highest BCUT2D eigenvalue weighted by molar-refractivity contribution is 5.99. The molecule has 14 aliphatic rings. The summed E-state index contributed by atoms with van der Waals surface area (Å²) in [5, 5.41) is 12.4. The number of methoxy groups -OCH3 is 1. The van der Waals surface area contributed by atoms with Crippen LogP contribution in [-0.4, -0.2) is 208 Å². The summed E-state index contributed by atoms with van der Waals surface area (Å²) in [5.41, 5.74) is 16.8. The van der Waals surface area contributed by atoms with Crippen molar-refractivity contribution in [1.29, 1.82) is 0 Å². The summed E-state index contributed by atoms with van der Waals surface area (Å²) < 4.78 is 50.7. The highest BCUT2D eigenvalue weighted by Crippen LogP contribution is 2.53. The second-order valence-corrected chi connectivity index (χ2v) is 37.0. The number of carbonyl (C=O) groups is 6. The highest BCUT2D eigenvalue weighted by atomic mass is 127. The third kappa shape index (κ3) is 16.9. The van der Waals surface area contributed by atoms with Crippen molar-refractivity contribution in [3.8, 4) is 11.5 Å². The van der Waals surface area contributed by atoms with E-state index in [0.717, 1.165) is 260 Å². The van der Waals surface area contributed by atoms with Crippen LogP contribution in [0.4, 0.5) is 47.6 Å². The van der Waals surface area contributed by atoms with Crippen LogP contribution in [0.5, 0.6) is 11.5 Å². The Kier molecular flexibility index (Phi) is 25.4. The summed E-state index contributed by atoms with van der Waals surface area (Å²) in [6.45, 7) is 14.6. The number of urea groups is 2. The topological polar surface area (TPSA) is 267 Å². The summed E-state index contributed by atoms with van der Waals surface area (Å²) in [6, 6.07) is 52.9. The van der Waals surface area contributed by atoms with Crippen molar-refractivity contribution in [3.05, 3.63) is 245 Å². The molecule has 0 saturated carbocycles. The number of ether oxygens (including phenoxy) is 8. The molecule has 0 unspecified atom stereocenters. The summed E-state index contributed by atoms with van der Waals surface area (Å²) in [6.07, 6.45) is 27.0. The van der Waals surface area contributed by atoms with E-state index >= 15 is 0 Å². The Labute approximate surface area is 764 Å². The van der Waals surface area contributed by atoms with Crippen LogP contribution in [0.1, 0.15) is 162 Å². The van der Waals surface area contributed by atoms with Crippen LogP contribution in [0.25, 0.3) is 0 Å². The average Bonchev–Trinajstić information content (AvgIpc) is 1.60. The quantitative estimate of drug-likeness (QED) is 0.0477.